The van der Waals surface area contributed by atoms with Gasteiger partial charge in [-0.25, -0.2) is 14.3 Å². The standard InChI is InChI=1S/C13H17N5O3/c1-7(2)4-10(12(20)21)17-11(19)9-5-14-13-15-6-16-18(13)8(9)3/h5-7,10H,4H2,1-3H3,(H,17,19)(H,20,21)/t10-/m1/s1. The number of carbonyl (C=O) groups excluding carboxylic acids is 1. The highest BCUT2D eigenvalue weighted by Crippen LogP contribution is 2.10. The van der Waals surface area contributed by atoms with Crippen LogP contribution in [-0.4, -0.2) is 42.6 Å². The van der Waals surface area contributed by atoms with Crippen LogP contribution in [0.2, 0.25) is 0 Å². The number of carboxylic acids is 1. The maximum Gasteiger partial charge on any atom is 0.326 e. The van der Waals surface area contributed by atoms with Crippen molar-refractivity contribution in [3.8, 4) is 0 Å². The van der Waals surface area contributed by atoms with Crippen LogP contribution in [-0.2, 0) is 4.79 Å². The van der Waals surface area contributed by atoms with Crippen molar-refractivity contribution in [3.05, 3.63) is 23.8 Å². The van der Waals surface area contributed by atoms with Crippen molar-refractivity contribution in [2.24, 2.45) is 5.92 Å². The second-order valence-corrected chi connectivity index (χ2v) is 5.22. The minimum Gasteiger partial charge on any atom is -0.480 e. The number of hydrogen-bond acceptors (Lipinski definition) is 5. The minimum atomic E-state index is -1.05. The molecule has 0 aromatic carbocycles. The first kappa shape index (κ1) is 14.9. The highest BCUT2D eigenvalue weighted by Gasteiger charge is 2.23. The molecule has 0 bridgehead atoms. The third-order valence-electron chi connectivity index (χ3n) is 3.10. The zero-order valence-electron chi connectivity index (χ0n) is 12.1. The van der Waals surface area contributed by atoms with E-state index in [1.165, 1.54) is 17.0 Å². The van der Waals surface area contributed by atoms with Gasteiger partial charge in [0.2, 0.25) is 0 Å². The molecule has 2 heterocycles. The van der Waals surface area contributed by atoms with Crippen molar-refractivity contribution in [1.29, 1.82) is 0 Å². The molecular formula is C13H17N5O3. The number of carbonyl (C=O) groups is 2. The maximum absolute atomic E-state index is 12.3. The van der Waals surface area contributed by atoms with Gasteiger partial charge < -0.3 is 10.4 Å². The molecule has 0 radical (unpaired) electrons. The van der Waals surface area contributed by atoms with Crippen LogP contribution in [0.25, 0.3) is 5.78 Å². The fourth-order valence-corrected chi connectivity index (χ4v) is 2.04. The number of carboxylic acid groups (broad SMARTS) is 1. The average molecular weight is 291 g/mol. The Balaban J connectivity index is 2.25. The van der Waals surface area contributed by atoms with Crippen molar-refractivity contribution in [3.63, 3.8) is 0 Å². The van der Waals surface area contributed by atoms with E-state index in [0.717, 1.165) is 0 Å². The molecule has 0 saturated heterocycles. The van der Waals surface area contributed by atoms with Crippen molar-refractivity contribution in [2.75, 3.05) is 0 Å². The van der Waals surface area contributed by atoms with E-state index in [-0.39, 0.29) is 11.5 Å². The quantitative estimate of drug-likeness (QED) is 0.837. The Morgan fingerprint density at radius 3 is 2.71 bits per heavy atom. The van der Waals surface area contributed by atoms with Crippen LogP contribution >= 0.6 is 0 Å². The number of aromatic nitrogens is 4. The van der Waals surface area contributed by atoms with Crippen LogP contribution in [0.1, 0.15) is 36.3 Å². The lowest BCUT2D eigenvalue weighted by molar-refractivity contribution is -0.139. The number of amides is 1. The first-order chi connectivity index (χ1) is 9.90. The van der Waals surface area contributed by atoms with Crippen LogP contribution in [0.4, 0.5) is 0 Å². The maximum atomic E-state index is 12.3. The summed E-state index contributed by atoms with van der Waals surface area (Å²) < 4.78 is 1.44. The molecule has 0 aliphatic rings. The van der Waals surface area contributed by atoms with Crippen molar-refractivity contribution < 1.29 is 14.7 Å². The molecule has 8 nitrogen and oxygen atoms in total. The Bertz CT molecular complexity index is 679. The van der Waals surface area contributed by atoms with Gasteiger partial charge in [-0.15, -0.1) is 0 Å². The fraction of sp³-hybridized carbons (Fsp3) is 0.462. The van der Waals surface area contributed by atoms with E-state index < -0.39 is 17.9 Å². The molecule has 0 unspecified atom stereocenters. The Kier molecular flexibility index (Phi) is 4.15. The highest BCUT2D eigenvalue weighted by atomic mass is 16.4. The molecule has 2 aromatic rings. The van der Waals surface area contributed by atoms with Crippen LogP contribution in [0.15, 0.2) is 12.5 Å². The molecule has 21 heavy (non-hydrogen) atoms. The Morgan fingerprint density at radius 1 is 1.38 bits per heavy atom. The summed E-state index contributed by atoms with van der Waals surface area (Å²) in [5, 5.41) is 15.7. The van der Waals surface area contributed by atoms with Gasteiger partial charge >= 0.3 is 5.97 Å². The lowest BCUT2D eigenvalue weighted by Crippen LogP contribution is -2.42. The lowest BCUT2D eigenvalue weighted by atomic mass is 10.0. The molecule has 0 aliphatic carbocycles. The third kappa shape index (κ3) is 3.15. The molecule has 0 spiro atoms. The highest BCUT2D eigenvalue weighted by molar-refractivity contribution is 5.97. The number of fused-ring (bicyclic) bond motifs is 1. The van der Waals surface area contributed by atoms with Crippen molar-refractivity contribution >= 4 is 17.7 Å². The SMILES string of the molecule is Cc1c(C(=O)N[C@H](CC(C)C)C(=O)O)cnc2ncnn12. The van der Waals surface area contributed by atoms with Gasteiger partial charge in [0.05, 0.1) is 11.3 Å². The molecule has 0 aliphatic heterocycles. The van der Waals surface area contributed by atoms with Crippen molar-refractivity contribution in [2.45, 2.75) is 33.2 Å². The molecular weight excluding hydrogens is 274 g/mol. The molecule has 1 amide bonds. The first-order valence-corrected chi connectivity index (χ1v) is 6.59. The Morgan fingerprint density at radius 2 is 2.10 bits per heavy atom. The zero-order valence-corrected chi connectivity index (χ0v) is 12.1. The lowest BCUT2D eigenvalue weighted by Gasteiger charge is -2.17. The third-order valence-corrected chi connectivity index (χ3v) is 3.10. The Labute approximate surface area is 121 Å². The summed E-state index contributed by atoms with van der Waals surface area (Å²) in [5.41, 5.74) is 0.840. The van der Waals surface area contributed by atoms with Gasteiger partial charge in [-0.05, 0) is 19.3 Å². The van der Waals surface area contributed by atoms with Gasteiger partial charge in [-0.3, -0.25) is 4.79 Å². The number of nitrogens with zero attached hydrogens (tertiary/aromatic N) is 4. The monoisotopic (exact) mass is 291 g/mol. The smallest absolute Gasteiger partial charge is 0.326 e. The number of aryl methyl sites for hydroxylation is 1. The second kappa shape index (κ2) is 5.86. The molecule has 0 fully saturated rings. The molecule has 2 aromatic heterocycles. The molecule has 8 heteroatoms. The fourth-order valence-electron chi connectivity index (χ4n) is 2.04. The van der Waals surface area contributed by atoms with Gasteiger partial charge in [-0.1, -0.05) is 13.8 Å². The van der Waals surface area contributed by atoms with Crippen LogP contribution in [0.5, 0.6) is 0 Å². The summed E-state index contributed by atoms with van der Waals surface area (Å²) in [7, 11) is 0. The summed E-state index contributed by atoms with van der Waals surface area (Å²) >= 11 is 0. The average Bonchev–Trinajstić information content (AvgIpc) is 2.86. The minimum absolute atomic E-state index is 0.156. The summed E-state index contributed by atoms with van der Waals surface area (Å²) in [6.45, 7) is 5.50. The van der Waals surface area contributed by atoms with Crippen LogP contribution < -0.4 is 5.32 Å². The second-order valence-electron chi connectivity index (χ2n) is 5.22. The van der Waals surface area contributed by atoms with E-state index in [0.29, 0.717) is 17.9 Å². The summed E-state index contributed by atoms with van der Waals surface area (Å²) in [4.78, 5) is 31.4. The van der Waals surface area contributed by atoms with Gasteiger partial charge in [-0.2, -0.15) is 10.1 Å². The van der Waals surface area contributed by atoms with Crippen molar-refractivity contribution in [1.82, 2.24) is 24.9 Å². The van der Waals surface area contributed by atoms with Crippen LogP contribution in [0.3, 0.4) is 0 Å². The molecule has 2 N–H and O–H groups in total. The molecule has 0 saturated carbocycles. The van der Waals surface area contributed by atoms with E-state index in [2.05, 4.69) is 20.4 Å². The largest absolute Gasteiger partial charge is 0.480 e. The summed E-state index contributed by atoms with van der Waals surface area (Å²) in [5.74, 6) is -0.987. The summed E-state index contributed by atoms with van der Waals surface area (Å²) in [6.07, 6.45) is 3.08. The van der Waals surface area contributed by atoms with E-state index in [1.54, 1.807) is 6.92 Å². The topological polar surface area (TPSA) is 109 Å². The molecule has 1 atom stereocenters. The number of hydrogen-bond donors (Lipinski definition) is 2. The predicted molar refractivity (Wildman–Crippen MR) is 73.9 cm³/mol. The normalized spacial score (nSPS) is 12.6. The predicted octanol–water partition coefficient (Wildman–Crippen LogP) is 0.662. The number of rotatable bonds is 5. The van der Waals surface area contributed by atoms with Gasteiger partial charge in [0.15, 0.2) is 0 Å². The number of nitrogens with one attached hydrogen (secondary N) is 1. The van der Waals surface area contributed by atoms with E-state index in [4.69, 9.17) is 5.11 Å². The van der Waals surface area contributed by atoms with Gasteiger partial charge in [0.25, 0.3) is 11.7 Å². The van der Waals surface area contributed by atoms with Gasteiger partial charge in [0, 0.05) is 6.20 Å². The zero-order chi connectivity index (χ0) is 15.6. The molecule has 2 rings (SSSR count). The van der Waals surface area contributed by atoms with E-state index in [1.807, 2.05) is 13.8 Å². The number of aliphatic carboxylic acids is 1. The Hall–Kier alpha value is -2.51. The van der Waals surface area contributed by atoms with Gasteiger partial charge in [0.1, 0.15) is 12.4 Å². The molecule has 112 valence electrons. The summed E-state index contributed by atoms with van der Waals surface area (Å²) in [6, 6.07) is -0.927. The van der Waals surface area contributed by atoms with E-state index in [9.17, 15) is 9.59 Å². The van der Waals surface area contributed by atoms with Crippen LogP contribution in [0, 0.1) is 12.8 Å². The van der Waals surface area contributed by atoms with E-state index >= 15 is 0 Å². The first-order valence-electron chi connectivity index (χ1n) is 6.59.